The minimum atomic E-state index is 0.393. The third-order valence-electron chi connectivity index (χ3n) is 1.71. The highest BCUT2D eigenvalue weighted by Crippen LogP contribution is 2.17. The van der Waals surface area contributed by atoms with E-state index in [2.05, 4.69) is 6.42 Å². The number of aromatic hydroxyl groups is 1. The zero-order chi connectivity index (χ0) is 8.27. The predicted octanol–water partition coefficient (Wildman–Crippen LogP) is 2.47. The molecule has 1 aromatic rings. The molecule has 0 fully saturated rings. The number of rotatable bonds is 2. The van der Waals surface area contributed by atoms with Crippen molar-refractivity contribution in [1.82, 2.24) is 0 Å². The molecule has 1 N–H and O–H groups in total. The van der Waals surface area contributed by atoms with Gasteiger partial charge in [-0.2, -0.15) is 0 Å². The lowest BCUT2D eigenvalue weighted by Crippen LogP contribution is -1.83. The molecular formula is C10H13O. The molecule has 0 heterocycles. The van der Waals surface area contributed by atoms with Gasteiger partial charge in [-0.15, -0.1) is 0 Å². The van der Waals surface area contributed by atoms with Crippen molar-refractivity contribution in [3.8, 4) is 5.75 Å². The molecule has 0 spiro atoms. The number of aryl methyl sites for hydroxylation is 1. The minimum absolute atomic E-state index is 0.393. The van der Waals surface area contributed by atoms with Crippen LogP contribution in [0.25, 0.3) is 0 Å². The Bertz CT molecular complexity index is 241. The van der Waals surface area contributed by atoms with Crippen LogP contribution < -0.4 is 0 Å². The van der Waals surface area contributed by atoms with E-state index in [1.807, 2.05) is 32.0 Å². The number of phenolic OH excluding ortho intramolecular Hbond substituents is 1. The lowest BCUT2D eigenvalue weighted by molar-refractivity contribution is 0.470. The average molecular weight is 149 g/mol. The van der Waals surface area contributed by atoms with Gasteiger partial charge in [0.2, 0.25) is 0 Å². The van der Waals surface area contributed by atoms with Crippen molar-refractivity contribution in [1.29, 1.82) is 0 Å². The van der Waals surface area contributed by atoms with Gasteiger partial charge in [-0.1, -0.05) is 19.1 Å². The van der Waals surface area contributed by atoms with Crippen molar-refractivity contribution in [2.45, 2.75) is 20.3 Å². The summed E-state index contributed by atoms with van der Waals surface area (Å²) in [6, 6.07) is 5.79. The maximum atomic E-state index is 9.31. The van der Waals surface area contributed by atoms with Gasteiger partial charge in [0.1, 0.15) is 5.75 Å². The molecule has 1 heteroatoms. The van der Waals surface area contributed by atoms with Crippen molar-refractivity contribution in [2.75, 3.05) is 0 Å². The van der Waals surface area contributed by atoms with E-state index in [1.165, 1.54) is 0 Å². The number of phenols is 1. The van der Waals surface area contributed by atoms with Crippen molar-refractivity contribution in [3.63, 3.8) is 0 Å². The summed E-state index contributed by atoms with van der Waals surface area (Å²) in [4.78, 5) is 0. The molecule has 0 saturated carbocycles. The van der Waals surface area contributed by atoms with Gasteiger partial charge in [0.05, 0.1) is 0 Å². The fraction of sp³-hybridized carbons (Fsp3) is 0.300. The predicted molar refractivity (Wildman–Crippen MR) is 46.5 cm³/mol. The van der Waals surface area contributed by atoms with E-state index >= 15 is 0 Å². The van der Waals surface area contributed by atoms with E-state index < -0.39 is 0 Å². The van der Waals surface area contributed by atoms with E-state index in [4.69, 9.17) is 0 Å². The lowest BCUT2D eigenvalue weighted by atomic mass is 10.1. The van der Waals surface area contributed by atoms with Gasteiger partial charge >= 0.3 is 0 Å². The van der Waals surface area contributed by atoms with Crippen LogP contribution in [-0.4, -0.2) is 5.11 Å². The number of benzene rings is 1. The Morgan fingerprint density at radius 1 is 1.45 bits per heavy atom. The van der Waals surface area contributed by atoms with Gasteiger partial charge < -0.3 is 5.11 Å². The van der Waals surface area contributed by atoms with E-state index in [-0.39, 0.29) is 0 Å². The zero-order valence-electron chi connectivity index (χ0n) is 6.96. The second-order valence-electron chi connectivity index (χ2n) is 2.73. The quantitative estimate of drug-likeness (QED) is 0.684. The van der Waals surface area contributed by atoms with Crippen LogP contribution >= 0.6 is 0 Å². The van der Waals surface area contributed by atoms with Crippen molar-refractivity contribution in [3.05, 3.63) is 35.7 Å². The van der Waals surface area contributed by atoms with Crippen LogP contribution in [0.1, 0.15) is 18.1 Å². The largest absolute Gasteiger partial charge is 0.508 e. The summed E-state index contributed by atoms with van der Waals surface area (Å²) in [5.74, 6) is 0.393. The van der Waals surface area contributed by atoms with Crippen molar-refractivity contribution >= 4 is 0 Å². The van der Waals surface area contributed by atoms with Crippen LogP contribution in [0.5, 0.6) is 5.75 Å². The third kappa shape index (κ3) is 1.97. The lowest BCUT2D eigenvalue weighted by Gasteiger charge is -2.01. The molecule has 0 saturated heterocycles. The standard InChI is InChI=1S/C10H13O/c1-3-4-9-6-5-8(2)10(11)7-9/h3,5-7,11H,4H2,1-2H3. The normalized spacial score (nSPS) is 10.0. The third-order valence-corrected chi connectivity index (χ3v) is 1.71. The van der Waals surface area contributed by atoms with Gasteiger partial charge in [0.25, 0.3) is 0 Å². The minimum Gasteiger partial charge on any atom is -0.508 e. The number of hydrogen-bond donors (Lipinski definition) is 1. The second-order valence-corrected chi connectivity index (χ2v) is 2.73. The Balaban J connectivity index is 2.86. The fourth-order valence-corrected chi connectivity index (χ4v) is 1.02. The molecule has 0 unspecified atom stereocenters. The molecule has 0 bridgehead atoms. The molecule has 0 aliphatic heterocycles. The van der Waals surface area contributed by atoms with Gasteiger partial charge in [0, 0.05) is 0 Å². The summed E-state index contributed by atoms with van der Waals surface area (Å²) in [6.07, 6.45) is 3.00. The first-order valence-corrected chi connectivity index (χ1v) is 3.80. The van der Waals surface area contributed by atoms with Gasteiger partial charge in [0.15, 0.2) is 0 Å². The summed E-state index contributed by atoms with van der Waals surface area (Å²) in [5, 5.41) is 9.31. The maximum absolute atomic E-state index is 9.31. The average Bonchev–Trinajstić information content (AvgIpc) is 1.98. The van der Waals surface area contributed by atoms with E-state index in [0.717, 1.165) is 17.5 Å². The maximum Gasteiger partial charge on any atom is 0.118 e. The second kappa shape index (κ2) is 3.42. The van der Waals surface area contributed by atoms with Crippen molar-refractivity contribution in [2.24, 2.45) is 0 Å². The Labute approximate surface area is 67.7 Å². The van der Waals surface area contributed by atoms with Crippen molar-refractivity contribution < 1.29 is 5.11 Å². The molecule has 0 atom stereocenters. The highest BCUT2D eigenvalue weighted by atomic mass is 16.3. The van der Waals surface area contributed by atoms with Crippen LogP contribution in [-0.2, 0) is 6.42 Å². The molecule has 0 amide bonds. The Hall–Kier alpha value is -0.980. The highest BCUT2D eigenvalue weighted by Gasteiger charge is 1.96. The highest BCUT2D eigenvalue weighted by molar-refractivity contribution is 5.35. The molecule has 1 nitrogen and oxygen atoms in total. The van der Waals surface area contributed by atoms with Crippen LogP contribution in [0.2, 0.25) is 0 Å². The Kier molecular flexibility index (Phi) is 2.53. The molecule has 0 aliphatic carbocycles. The summed E-state index contributed by atoms with van der Waals surface area (Å²) in [7, 11) is 0. The summed E-state index contributed by atoms with van der Waals surface area (Å²) >= 11 is 0. The molecule has 1 radical (unpaired) electrons. The Morgan fingerprint density at radius 2 is 2.18 bits per heavy atom. The first-order chi connectivity index (χ1) is 5.24. The molecule has 11 heavy (non-hydrogen) atoms. The molecule has 1 rings (SSSR count). The smallest absolute Gasteiger partial charge is 0.118 e. The number of hydrogen-bond acceptors (Lipinski definition) is 1. The van der Waals surface area contributed by atoms with E-state index in [9.17, 15) is 5.11 Å². The molecular weight excluding hydrogens is 136 g/mol. The topological polar surface area (TPSA) is 20.2 Å². The summed E-state index contributed by atoms with van der Waals surface area (Å²) in [6.45, 7) is 3.91. The van der Waals surface area contributed by atoms with E-state index in [1.54, 1.807) is 0 Å². The summed E-state index contributed by atoms with van der Waals surface area (Å²) in [5.41, 5.74) is 2.10. The molecule has 0 aliphatic rings. The van der Waals surface area contributed by atoms with Gasteiger partial charge in [-0.05, 0) is 37.0 Å². The molecule has 59 valence electrons. The molecule has 0 aromatic heterocycles. The van der Waals surface area contributed by atoms with Crippen LogP contribution in [0.3, 0.4) is 0 Å². The van der Waals surface area contributed by atoms with Crippen LogP contribution in [0.15, 0.2) is 18.2 Å². The summed E-state index contributed by atoms with van der Waals surface area (Å²) < 4.78 is 0. The van der Waals surface area contributed by atoms with Crippen LogP contribution in [0.4, 0.5) is 0 Å². The SMILES string of the molecule is C[CH]Cc1ccc(C)c(O)c1. The molecule has 1 aromatic carbocycles. The first kappa shape index (κ1) is 8.12. The Morgan fingerprint density at radius 3 is 2.73 bits per heavy atom. The van der Waals surface area contributed by atoms with Crippen LogP contribution in [0, 0.1) is 13.3 Å². The fourth-order valence-electron chi connectivity index (χ4n) is 1.02. The first-order valence-electron chi connectivity index (χ1n) is 3.80. The zero-order valence-corrected chi connectivity index (χ0v) is 6.96. The van der Waals surface area contributed by atoms with E-state index in [0.29, 0.717) is 5.75 Å². The monoisotopic (exact) mass is 149 g/mol. The van der Waals surface area contributed by atoms with Gasteiger partial charge in [-0.3, -0.25) is 0 Å². The van der Waals surface area contributed by atoms with Gasteiger partial charge in [-0.25, -0.2) is 0 Å².